The maximum Gasteiger partial charge on any atom is 0.358 e. The van der Waals surface area contributed by atoms with Crippen molar-refractivity contribution >= 4 is 5.97 Å². The molecule has 110 valence electrons. The van der Waals surface area contributed by atoms with Crippen LogP contribution in [0.4, 0.5) is 0 Å². The topological polar surface area (TPSA) is 86.5 Å². The molecule has 0 aliphatic heterocycles. The molecule has 0 radical (unpaired) electrons. The van der Waals surface area contributed by atoms with Gasteiger partial charge in [-0.25, -0.2) is 9.48 Å². The van der Waals surface area contributed by atoms with Crippen molar-refractivity contribution in [3.05, 3.63) is 29.6 Å². The second kappa shape index (κ2) is 5.08. The van der Waals surface area contributed by atoms with Gasteiger partial charge in [0, 0.05) is 12.0 Å². The number of nitrogens with zero attached hydrogens (tertiary/aromatic N) is 3. The molecule has 0 amide bonds. The number of carboxylic acid groups (broad SMARTS) is 1. The smallest absolute Gasteiger partial charge is 0.358 e. The third-order valence-electron chi connectivity index (χ3n) is 3.49. The molecule has 0 spiro atoms. The molecule has 1 aromatic carbocycles. The minimum absolute atomic E-state index is 0.00960. The SMILES string of the molecule is COc1ccc(-n2nnc(C(=O)O)c2C2CC2)c(OC)c1. The fourth-order valence-corrected chi connectivity index (χ4v) is 2.30. The monoisotopic (exact) mass is 289 g/mol. The lowest BCUT2D eigenvalue weighted by atomic mass is 10.2. The van der Waals surface area contributed by atoms with Crippen LogP contribution in [-0.2, 0) is 0 Å². The number of carbonyl (C=O) groups is 1. The van der Waals surface area contributed by atoms with Gasteiger partial charge in [-0.3, -0.25) is 0 Å². The number of methoxy groups -OCH3 is 2. The summed E-state index contributed by atoms with van der Waals surface area (Å²) in [7, 11) is 3.12. The molecule has 1 aliphatic carbocycles. The van der Waals surface area contributed by atoms with Gasteiger partial charge in [-0.05, 0) is 25.0 Å². The molecule has 7 heteroatoms. The predicted molar refractivity (Wildman–Crippen MR) is 73.4 cm³/mol. The normalized spacial score (nSPS) is 14.0. The Morgan fingerprint density at radius 1 is 1.33 bits per heavy atom. The highest BCUT2D eigenvalue weighted by Crippen LogP contribution is 2.43. The van der Waals surface area contributed by atoms with Crippen LogP contribution < -0.4 is 9.47 Å². The molecule has 2 aromatic rings. The molecule has 1 heterocycles. The molecule has 1 aliphatic rings. The van der Waals surface area contributed by atoms with Gasteiger partial charge in [0.1, 0.15) is 17.2 Å². The van der Waals surface area contributed by atoms with Crippen molar-refractivity contribution < 1.29 is 19.4 Å². The van der Waals surface area contributed by atoms with Gasteiger partial charge in [-0.1, -0.05) is 5.21 Å². The Morgan fingerprint density at radius 3 is 2.67 bits per heavy atom. The molecule has 0 atom stereocenters. The van der Waals surface area contributed by atoms with Crippen molar-refractivity contribution in [2.24, 2.45) is 0 Å². The van der Waals surface area contributed by atoms with E-state index in [1.54, 1.807) is 37.1 Å². The van der Waals surface area contributed by atoms with Crippen LogP contribution in [0.25, 0.3) is 5.69 Å². The minimum atomic E-state index is -1.06. The Hall–Kier alpha value is -2.57. The number of hydrogen-bond acceptors (Lipinski definition) is 5. The summed E-state index contributed by atoms with van der Waals surface area (Å²) in [6, 6.07) is 5.29. The Morgan fingerprint density at radius 2 is 2.10 bits per heavy atom. The van der Waals surface area contributed by atoms with Gasteiger partial charge in [0.2, 0.25) is 0 Å². The number of ether oxygens (including phenoxy) is 2. The number of aromatic nitrogens is 3. The summed E-state index contributed by atoms with van der Waals surface area (Å²) in [5, 5.41) is 17.0. The first-order chi connectivity index (χ1) is 10.2. The second-order valence-corrected chi connectivity index (χ2v) is 4.85. The molecule has 1 aromatic heterocycles. The highest BCUT2D eigenvalue weighted by molar-refractivity contribution is 5.87. The van der Waals surface area contributed by atoms with E-state index in [2.05, 4.69) is 10.3 Å². The minimum Gasteiger partial charge on any atom is -0.497 e. The van der Waals surface area contributed by atoms with E-state index >= 15 is 0 Å². The van der Waals surface area contributed by atoms with E-state index in [-0.39, 0.29) is 11.6 Å². The van der Waals surface area contributed by atoms with Crippen molar-refractivity contribution in [2.75, 3.05) is 14.2 Å². The molecule has 1 N–H and O–H groups in total. The zero-order valence-electron chi connectivity index (χ0n) is 11.7. The largest absolute Gasteiger partial charge is 0.497 e. The number of aromatic carboxylic acids is 1. The fraction of sp³-hybridized carbons (Fsp3) is 0.357. The first-order valence-electron chi connectivity index (χ1n) is 6.57. The molecule has 0 saturated heterocycles. The molecule has 21 heavy (non-hydrogen) atoms. The van der Waals surface area contributed by atoms with Gasteiger partial charge >= 0.3 is 5.97 Å². The summed E-state index contributed by atoms with van der Waals surface area (Å²) < 4.78 is 12.1. The van der Waals surface area contributed by atoms with Gasteiger partial charge in [0.15, 0.2) is 5.69 Å². The number of rotatable bonds is 5. The van der Waals surface area contributed by atoms with Gasteiger partial charge in [-0.15, -0.1) is 5.10 Å². The zero-order chi connectivity index (χ0) is 15.0. The van der Waals surface area contributed by atoms with E-state index in [1.165, 1.54) is 0 Å². The average molecular weight is 289 g/mol. The number of carboxylic acids is 1. The second-order valence-electron chi connectivity index (χ2n) is 4.85. The summed E-state index contributed by atoms with van der Waals surface area (Å²) >= 11 is 0. The first kappa shape index (κ1) is 13.4. The van der Waals surface area contributed by atoms with Gasteiger partial charge < -0.3 is 14.6 Å². The van der Waals surface area contributed by atoms with E-state index in [1.807, 2.05) is 0 Å². The van der Waals surface area contributed by atoms with Crippen LogP contribution in [0.3, 0.4) is 0 Å². The Balaban J connectivity index is 2.14. The predicted octanol–water partition coefficient (Wildman–Crippen LogP) is 1.86. The molecule has 0 unspecified atom stereocenters. The van der Waals surface area contributed by atoms with Crippen molar-refractivity contribution in [3.63, 3.8) is 0 Å². The van der Waals surface area contributed by atoms with Gasteiger partial charge in [0.25, 0.3) is 0 Å². The lowest BCUT2D eigenvalue weighted by Gasteiger charge is -2.12. The van der Waals surface area contributed by atoms with E-state index in [4.69, 9.17) is 9.47 Å². The molecule has 7 nitrogen and oxygen atoms in total. The van der Waals surface area contributed by atoms with Crippen molar-refractivity contribution in [2.45, 2.75) is 18.8 Å². The summed E-state index contributed by atoms with van der Waals surface area (Å²) in [4.78, 5) is 11.3. The lowest BCUT2D eigenvalue weighted by Crippen LogP contribution is -2.07. The van der Waals surface area contributed by atoms with Gasteiger partial charge in [-0.2, -0.15) is 0 Å². The molecule has 0 bridgehead atoms. The summed E-state index contributed by atoms with van der Waals surface area (Å²) in [5.41, 5.74) is 1.29. The van der Waals surface area contributed by atoms with Crippen molar-refractivity contribution in [3.8, 4) is 17.2 Å². The van der Waals surface area contributed by atoms with Gasteiger partial charge in [0.05, 0.1) is 19.9 Å². The molecule has 1 fully saturated rings. The third kappa shape index (κ3) is 2.31. The molecule has 1 saturated carbocycles. The van der Waals surface area contributed by atoms with Crippen LogP contribution in [0, 0.1) is 0 Å². The van der Waals surface area contributed by atoms with Crippen LogP contribution in [0.15, 0.2) is 18.2 Å². The summed E-state index contributed by atoms with van der Waals surface area (Å²) in [6.07, 6.45) is 1.90. The Labute approximate surface area is 121 Å². The highest BCUT2D eigenvalue weighted by atomic mass is 16.5. The van der Waals surface area contributed by atoms with E-state index in [0.717, 1.165) is 12.8 Å². The zero-order valence-corrected chi connectivity index (χ0v) is 11.7. The number of hydrogen-bond donors (Lipinski definition) is 1. The average Bonchev–Trinajstić information content (AvgIpc) is 3.24. The van der Waals surface area contributed by atoms with Crippen molar-refractivity contribution in [1.29, 1.82) is 0 Å². The third-order valence-corrected chi connectivity index (χ3v) is 3.49. The Bertz CT molecular complexity index is 692. The summed E-state index contributed by atoms with van der Waals surface area (Å²) in [6.45, 7) is 0. The van der Waals surface area contributed by atoms with Crippen LogP contribution >= 0.6 is 0 Å². The highest BCUT2D eigenvalue weighted by Gasteiger charge is 2.34. The lowest BCUT2D eigenvalue weighted by molar-refractivity contribution is 0.0689. The van der Waals surface area contributed by atoms with Crippen molar-refractivity contribution in [1.82, 2.24) is 15.0 Å². The van der Waals surface area contributed by atoms with E-state index in [9.17, 15) is 9.90 Å². The standard InChI is InChI=1S/C14H15N3O4/c1-20-9-5-6-10(11(7-9)21-2)17-13(8-3-4-8)12(14(18)19)15-16-17/h5-8H,3-4H2,1-2H3,(H,18,19). The van der Waals surface area contributed by atoms with Crippen LogP contribution in [0.1, 0.15) is 34.9 Å². The quantitative estimate of drug-likeness (QED) is 0.904. The van der Waals surface area contributed by atoms with Crippen LogP contribution in [0.5, 0.6) is 11.5 Å². The maximum absolute atomic E-state index is 11.3. The maximum atomic E-state index is 11.3. The molecule has 3 rings (SSSR count). The summed E-state index contributed by atoms with van der Waals surface area (Å²) in [5.74, 6) is 0.341. The van der Waals surface area contributed by atoms with E-state index in [0.29, 0.717) is 22.9 Å². The molecular weight excluding hydrogens is 274 g/mol. The Kier molecular flexibility index (Phi) is 3.25. The molecular formula is C14H15N3O4. The van der Waals surface area contributed by atoms with E-state index < -0.39 is 5.97 Å². The van der Waals surface area contributed by atoms with Crippen LogP contribution in [-0.4, -0.2) is 40.3 Å². The fourth-order valence-electron chi connectivity index (χ4n) is 2.30. The number of benzene rings is 1. The first-order valence-corrected chi connectivity index (χ1v) is 6.57. The van der Waals surface area contributed by atoms with Crippen LogP contribution in [0.2, 0.25) is 0 Å².